The molecule has 1 aromatic rings. The molecule has 0 aliphatic carbocycles. The number of aliphatic hydroxyl groups is 1. The monoisotopic (exact) mass is 251 g/mol. The highest BCUT2D eigenvalue weighted by Crippen LogP contribution is 2.20. The summed E-state index contributed by atoms with van der Waals surface area (Å²) in [6, 6.07) is 5.43. The van der Waals surface area contributed by atoms with Crippen LogP contribution in [0.5, 0.6) is 0 Å². The molecule has 0 aliphatic rings. The molecule has 5 heteroatoms. The smallest absolute Gasteiger partial charge is 0.238 e. The van der Waals surface area contributed by atoms with Gasteiger partial charge in [0.05, 0.1) is 13.2 Å². The normalized spacial score (nSPS) is 10.7. The summed E-state index contributed by atoms with van der Waals surface area (Å²) >= 11 is 0. The number of nitrogens with zero attached hydrogens (tertiary/aromatic N) is 1. The number of likely N-dealkylation sites (N-methyl/N-ethyl adjacent to an activating group) is 1. The molecule has 1 rings (SSSR count). The Balaban J connectivity index is 2.61. The van der Waals surface area contributed by atoms with E-state index in [1.165, 1.54) is 0 Å². The third kappa shape index (κ3) is 4.01. The Kier molecular flexibility index (Phi) is 5.61. The highest BCUT2D eigenvalue weighted by Gasteiger charge is 2.10. The van der Waals surface area contributed by atoms with Crippen molar-refractivity contribution in [3.63, 3.8) is 0 Å². The summed E-state index contributed by atoms with van der Waals surface area (Å²) < 4.78 is 0. The molecule has 1 amide bonds. The lowest BCUT2D eigenvalue weighted by Crippen LogP contribution is -2.35. The number of nitrogens with two attached hydrogens (primary N) is 1. The van der Waals surface area contributed by atoms with Crippen LogP contribution in [0.2, 0.25) is 0 Å². The number of hydrogen-bond acceptors (Lipinski definition) is 4. The van der Waals surface area contributed by atoms with Gasteiger partial charge in [-0.2, -0.15) is 0 Å². The summed E-state index contributed by atoms with van der Waals surface area (Å²) in [5.41, 5.74) is 8.05. The van der Waals surface area contributed by atoms with Crippen molar-refractivity contribution in [1.82, 2.24) is 4.90 Å². The number of nitrogen functional groups attached to an aromatic ring is 1. The molecule has 18 heavy (non-hydrogen) atoms. The molecular weight excluding hydrogens is 230 g/mol. The van der Waals surface area contributed by atoms with Crippen molar-refractivity contribution in [2.24, 2.45) is 0 Å². The number of carbonyl (C=O) groups excluding carboxylic acids is 1. The predicted molar refractivity (Wildman–Crippen MR) is 73.4 cm³/mol. The van der Waals surface area contributed by atoms with E-state index >= 15 is 0 Å². The summed E-state index contributed by atoms with van der Waals surface area (Å²) in [7, 11) is 0. The van der Waals surface area contributed by atoms with Gasteiger partial charge in [-0.3, -0.25) is 9.69 Å². The van der Waals surface area contributed by atoms with Crippen LogP contribution in [-0.2, 0) is 4.79 Å². The van der Waals surface area contributed by atoms with Gasteiger partial charge in [-0.05, 0) is 31.2 Å². The maximum Gasteiger partial charge on any atom is 0.238 e. The van der Waals surface area contributed by atoms with Crippen molar-refractivity contribution < 1.29 is 9.90 Å². The zero-order chi connectivity index (χ0) is 13.5. The van der Waals surface area contributed by atoms with E-state index in [1.807, 2.05) is 30.9 Å². The number of hydrogen-bond donors (Lipinski definition) is 3. The summed E-state index contributed by atoms with van der Waals surface area (Å²) in [6.45, 7) is 5.37. The van der Waals surface area contributed by atoms with Gasteiger partial charge in [0.2, 0.25) is 5.91 Å². The molecule has 0 fully saturated rings. The molecule has 0 spiro atoms. The van der Waals surface area contributed by atoms with Gasteiger partial charge in [0.15, 0.2) is 0 Å². The number of aliphatic hydroxyl groups excluding tert-OH is 1. The lowest BCUT2D eigenvalue weighted by atomic mass is 10.1. The van der Waals surface area contributed by atoms with Crippen molar-refractivity contribution in [1.29, 1.82) is 0 Å². The number of benzene rings is 1. The van der Waals surface area contributed by atoms with Crippen molar-refractivity contribution in [3.05, 3.63) is 23.8 Å². The third-order valence-corrected chi connectivity index (χ3v) is 2.88. The number of anilines is 2. The fraction of sp³-hybridized carbons (Fsp3) is 0.462. The molecule has 0 aliphatic heterocycles. The Bertz CT molecular complexity index is 407. The van der Waals surface area contributed by atoms with E-state index in [2.05, 4.69) is 5.32 Å². The summed E-state index contributed by atoms with van der Waals surface area (Å²) in [5, 5.41) is 11.7. The van der Waals surface area contributed by atoms with Crippen molar-refractivity contribution >= 4 is 17.3 Å². The Morgan fingerprint density at radius 2 is 2.22 bits per heavy atom. The van der Waals surface area contributed by atoms with Crippen LogP contribution in [0.4, 0.5) is 11.4 Å². The molecule has 0 atom stereocenters. The van der Waals surface area contributed by atoms with Crippen molar-refractivity contribution in [2.45, 2.75) is 13.8 Å². The number of rotatable bonds is 6. The number of nitrogens with one attached hydrogen (secondary N) is 1. The minimum absolute atomic E-state index is 0.0540. The fourth-order valence-electron chi connectivity index (χ4n) is 1.67. The van der Waals surface area contributed by atoms with Gasteiger partial charge in [0.1, 0.15) is 0 Å². The van der Waals surface area contributed by atoms with Crippen LogP contribution in [-0.4, -0.2) is 42.2 Å². The van der Waals surface area contributed by atoms with Crippen molar-refractivity contribution in [2.75, 3.05) is 37.3 Å². The van der Waals surface area contributed by atoms with E-state index in [-0.39, 0.29) is 19.1 Å². The molecule has 0 aromatic heterocycles. The van der Waals surface area contributed by atoms with Gasteiger partial charge in [-0.15, -0.1) is 0 Å². The van der Waals surface area contributed by atoms with Crippen LogP contribution in [0.3, 0.4) is 0 Å². The molecule has 0 heterocycles. The highest BCUT2D eigenvalue weighted by atomic mass is 16.3. The van der Waals surface area contributed by atoms with Crippen LogP contribution in [0, 0.1) is 6.92 Å². The molecule has 5 nitrogen and oxygen atoms in total. The Hall–Kier alpha value is -1.59. The second-order valence-corrected chi connectivity index (χ2v) is 4.16. The highest BCUT2D eigenvalue weighted by molar-refractivity contribution is 5.93. The largest absolute Gasteiger partial charge is 0.398 e. The second-order valence-electron chi connectivity index (χ2n) is 4.16. The van der Waals surface area contributed by atoms with E-state index in [4.69, 9.17) is 10.8 Å². The Morgan fingerprint density at radius 3 is 2.83 bits per heavy atom. The van der Waals surface area contributed by atoms with Crippen LogP contribution in [0.25, 0.3) is 0 Å². The molecule has 0 bridgehead atoms. The van der Waals surface area contributed by atoms with Gasteiger partial charge in [-0.1, -0.05) is 13.0 Å². The first-order valence-corrected chi connectivity index (χ1v) is 6.06. The molecule has 0 radical (unpaired) electrons. The van der Waals surface area contributed by atoms with Crippen LogP contribution < -0.4 is 11.1 Å². The molecule has 0 saturated carbocycles. The van der Waals surface area contributed by atoms with E-state index in [0.717, 1.165) is 17.8 Å². The Labute approximate surface area is 108 Å². The van der Waals surface area contributed by atoms with Gasteiger partial charge in [0, 0.05) is 17.9 Å². The second kappa shape index (κ2) is 6.98. The van der Waals surface area contributed by atoms with Crippen LogP contribution in [0.15, 0.2) is 18.2 Å². The first kappa shape index (κ1) is 14.5. The summed E-state index contributed by atoms with van der Waals surface area (Å²) in [5.74, 6) is -0.0981. The van der Waals surface area contributed by atoms with Gasteiger partial charge >= 0.3 is 0 Å². The maximum absolute atomic E-state index is 11.8. The van der Waals surface area contributed by atoms with E-state index in [0.29, 0.717) is 12.2 Å². The van der Waals surface area contributed by atoms with Crippen LogP contribution in [0.1, 0.15) is 12.5 Å². The summed E-state index contributed by atoms with van der Waals surface area (Å²) in [4.78, 5) is 13.7. The van der Waals surface area contributed by atoms with Crippen LogP contribution >= 0.6 is 0 Å². The maximum atomic E-state index is 11.8. The number of amides is 1. The topological polar surface area (TPSA) is 78.6 Å². The van der Waals surface area contributed by atoms with E-state index < -0.39 is 0 Å². The Morgan fingerprint density at radius 1 is 1.50 bits per heavy atom. The minimum Gasteiger partial charge on any atom is -0.398 e. The van der Waals surface area contributed by atoms with Gasteiger partial charge in [-0.25, -0.2) is 0 Å². The molecule has 100 valence electrons. The average molecular weight is 251 g/mol. The predicted octanol–water partition coefficient (Wildman–Crippen LogP) is 0.830. The SMILES string of the molecule is CCN(CCO)CC(=O)Nc1cccc(N)c1C. The quantitative estimate of drug-likeness (QED) is 0.654. The zero-order valence-corrected chi connectivity index (χ0v) is 10.9. The molecule has 0 unspecified atom stereocenters. The standard InChI is InChI=1S/C13H21N3O2/c1-3-16(7-8-17)9-13(18)15-12-6-4-5-11(14)10(12)2/h4-6,17H,3,7-9,14H2,1-2H3,(H,15,18). The number of carbonyl (C=O) groups is 1. The lowest BCUT2D eigenvalue weighted by molar-refractivity contribution is -0.117. The summed E-state index contributed by atoms with van der Waals surface area (Å²) in [6.07, 6.45) is 0. The molecule has 1 aromatic carbocycles. The molecule has 4 N–H and O–H groups in total. The van der Waals surface area contributed by atoms with Gasteiger partial charge < -0.3 is 16.2 Å². The van der Waals surface area contributed by atoms with Crippen molar-refractivity contribution in [3.8, 4) is 0 Å². The first-order valence-electron chi connectivity index (χ1n) is 6.06. The first-order chi connectivity index (χ1) is 8.58. The van der Waals surface area contributed by atoms with Gasteiger partial charge in [0.25, 0.3) is 0 Å². The lowest BCUT2D eigenvalue weighted by Gasteiger charge is -2.19. The fourth-order valence-corrected chi connectivity index (χ4v) is 1.67. The van der Waals surface area contributed by atoms with E-state index in [1.54, 1.807) is 6.07 Å². The molecule has 0 saturated heterocycles. The average Bonchev–Trinajstić information content (AvgIpc) is 2.34. The zero-order valence-electron chi connectivity index (χ0n) is 10.9. The molecular formula is C13H21N3O2. The van der Waals surface area contributed by atoms with E-state index in [9.17, 15) is 4.79 Å². The minimum atomic E-state index is -0.0981. The third-order valence-electron chi connectivity index (χ3n) is 2.88.